The molecule has 19 heavy (non-hydrogen) atoms. The van der Waals surface area contributed by atoms with E-state index in [4.69, 9.17) is 4.74 Å². The van der Waals surface area contributed by atoms with Crippen LogP contribution in [0.4, 0.5) is 5.69 Å². The summed E-state index contributed by atoms with van der Waals surface area (Å²) in [4.78, 5) is 7.09. The number of hydrogen-bond acceptors (Lipinski definition) is 3. The van der Waals surface area contributed by atoms with Gasteiger partial charge in [-0.1, -0.05) is 0 Å². The third-order valence-corrected chi connectivity index (χ3v) is 3.64. The Hall–Kier alpha value is -1.77. The van der Waals surface area contributed by atoms with Crippen LogP contribution in [0.5, 0.6) is 5.75 Å². The first-order chi connectivity index (χ1) is 9.28. The zero-order valence-electron chi connectivity index (χ0n) is 11.6. The molecule has 3 nitrogen and oxygen atoms in total. The monoisotopic (exact) mass is 256 g/mol. The van der Waals surface area contributed by atoms with Crippen LogP contribution in [0.15, 0.2) is 24.3 Å². The summed E-state index contributed by atoms with van der Waals surface area (Å²) in [5.74, 6) is 0.932. The van der Waals surface area contributed by atoms with Crippen LogP contribution in [-0.4, -0.2) is 24.7 Å². The summed E-state index contributed by atoms with van der Waals surface area (Å²) in [6, 6.07) is 8.39. The van der Waals surface area contributed by atoms with Gasteiger partial charge in [-0.3, -0.25) is 4.98 Å². The standard InChI is InChI=1S/C16H20N2O/c1-3-19-13-6-7-15-14(11-13)16(10-12(2)17-15)18-8-4-5-9-18/h6-7,10-11H,3-5,8-9H2,1-2H3. The summed E-state index contributed by atoms with van der Waals surface area (Å²) >= 11 is 0. The van der Waals surface area contributed by atoms with Gasteiger partial charge in [0.25, 0.3) is 0 Å². The molecule has 1 saturated heterocycles. The van der Waals surface area contributed by atoms with Gasteiger partial charge in [-0.05, 0) is 51.0 Å². The molecule has 2 heterocycles. The van der Waals surface area contributed by atoms with Gasteiger partial charge in [0.05, 0.1) is 12.1 Å². The van der Waals surface area contributed by atoms with Crippen LogP contribution >= 0.6 is 0 Å². The van der Waals surface area contributed by atoms with Crippen molar-refractivity contribution in [3.63, 3.8) is 0 Å². The SMILES string of the molecule is CCOc1ccc2nc(C)cc(N3CCCC3)c2c1. The molecular weight excluding hydrogens is 236 g/mol. The maximum absolute atomic E-state index is 5.62. The summed E-state index contributed by atoms with van der Waals surface area (Å²) in [5.41, 5.74) is 3.45. The maximum Gasteiger partial charge on any atom is 0.120 e. The highest BCUT2D eigenvalue weighted by molar-refractivity contribution is 5.93. The van der Waals surface area contributed by atoms with Crippen molar-refractivity contribution in [3.05, 3.63) is 30.0 Å². The molecule has 0 saturated carbocycles. The Labute approximate surface area is 114 Å². The Morgan fingerprint density at radius 3 is 2.74 bits per heavy atom. The van der Waals surface area contributed by atoms with Crippen LogP contribution in [0.25, 0.3) is 10.9 Å². The first-order valence-corrected chi connectivity index (χ1v) is 7.07. The fourth-order valence-electron chi connectivity index (χ4n) is 2.79. The van der Waals surface area contributed by atoms with Gasteiger partial charge in [-0.15, -0.1) is 0 Å². The normalized spacial score (nSPS) is 15.2. The van der Waals surface area contributed by atoms with Gasteiger partial charge >= 0.3 is 0 Å². The van der Waals surface area contributed by atoms with E-state index in [1.807, 2.05) is 13.0 Å². The number of aromatic nitrogens is 1. The van der Waals surface area contributed by atoms with E-state index in [-0.39, 0.29) is 0 Å². The largest absolute Gasteiger partial charge is 0.494 e. The van der Waals surface area contributed by atoms with Crippen molar-refractivity contribution in [1.82, 2.24) is 4.98 Å². The minimum atomic E-state index is 0.698. The van der Waals surface area contributed by atoms with Crippen molar-refractivity contribution >= 4 is 16.6 Å². The summed E-state index contributed by atoms with van der Waals surface area (Å²) in [5, 5.41) is 1.21. The van der Waals surface area contributed by atoms with Crippen molar-refractivity contribution in [3.8, 4) is 5.75 Å². The highest BCUT2D eigenvalue weighted by Gasteiger charge is 2.16. The van der Waals surface area contributed by atoms with Gasteiger partial charge in [-0.2, -0.15) is 0 Å². The number of ether oxygens (including phenoxy) is 1. The minimum Gasteiger partial charge on any atom is -0.494 e. The number of pyridine rings is 1. The molecule has 0 radical (unpaired) electrons. The summed E-state index contributed by atoms with van der Waals surface area (Å²) in [6.07, 6.45) is 2.57. The smallest absolute Gasteiger partial charge is 0.120 e. The molecule has 2 aromatic rings. The molecule has 1 aromatic heterocycles. The van der Waals surface area contributed by atoms with Crippen LogP contribution in [0, 0.1) is 6.92 Å². The number of nitrogens with zero attached hydrogens (tertiary/aromatic N) is 2. The van der Waals surface area contributed by atoms with Crippen LogP contribution in [-0.2, 0) is 0 Å². The fraction of sp³-hybridized carbons (Fsp3) is 0.438. The number of fused-ring (bicyclic) bond motifs is 1. The van der Waals surface area contributed by atoms with Crippen LogP contribution < -0.4 is 9.64 Å². The summed E-state index contributed by atoms with van der Waals surface area (Å²) < 4.78 is 5.62. The Morgan fingerprint density at radius 2 is 2.00 bits per heavy atom. The lowest BCUT2D eigenvalue weighted by Gasteiger charge is -2.20. The predicted octanol–water partition coefficient (Wildman–Crippen LogP) is 3.54. The molecule has 0 atom stereocenters. The van der Waals surface area contributed by atoms with Crippen molar-refractivity contribution in [2.45, 2.75) is 26.7 Å². The van der Waals surface area contributed by atoms with Gasteiger partial charge in [0.1, 0.15) is 5.75 Å². The fourth-order valence-corrected chi connectivity index (χ4v) is 2.79. The van der Waals surface area contributed by atoms with Gasteiger partial charge in [0, 0.05) is 29.9 Å². The Balaban J connectivity index is 2.13. The van der Waals surface area contributed by atoms with E-state index in [9.17, 15) is 0 Å². The molecule has 1 aliphatic heterocycles. The van der Waals surface area contributed by atoms with Gasteiger partial charge in [0.15, 0.2) is 0 Å². The minimum absolute atomic E-state index is 0.698. The van der Waals surface area contributed by atoms with E-state index in [2.05, 4.69) is 35.0 Å². The van der Waals surface area contributed by atoms with Crippen molar-refractivity contribution in [2.24, 2.45) is 0 Å². The first-order valence-electron chi connectivity index (χ1n) is 7.07. The van der Waals surface area contributed by atoms with E-state index in [1.54, 1.807) is 0 Å². The van der Waals surface area contributed by atoms with E-state index >= 15 is 0 Å². The molecule has 1 aromatic carbocycles. The van der Waals surface area contributed by atoms with E-state index in [0.717, 1.165) is 30.0 Å². The lowest BCUT2D eigenvalue weighted by molar-refractivity contribution is 0.340. The Bertz CT molecular complexity index is 589. The Morgan fingerprint density at radius 1 is 1.21 bits per heavy atom. The first kappa shape index (κ1) is 12.3. The molecule has 0 bridgehead atoms. The molecule has 1 aliphatic rings. The van der Waals surface area contributed by atoms with Crippen LogP contribution in [0.3, 0.4) is 0 Å². The van der Waals surface area contributed by atoms with Crippen molar-refractivity contribution in [2.75, 3.05) is 24.6 Å². The second-order valence-corrected chi connectivity index (χ2v) is 5.09. The molecule has 0 aliphatic carbocycles. The van der Waals surface area contributed by atoms with Gasteiger partial charge in [0.2, 0.25) is 0 Å². The summed E-state index contributed by atoms with van der Waals surface area (Å²) in [7, 11) is 0. The van der Waals surface area contributed by atoms with E-state index in [0.29, 0.717) is 6.61 Å². The second-order valence-electron chi connectivity index (χ2n) is 5.09. The zero-order chi connectivity index (χ0) is 13.2. The zero-order valence-corrected chi connectivity index (χ0v) is 11.6. The highest BCUT2D eigenvalue weighted by Crippen LogP contribution is 2.31. The predicted molar refractivity (Wildman–Crippen MR) is 79.1 cm³/mol. The van der Waals surface area contributed by atoms with E-state index in [1.165, 1.54) is 23.9 Å². The van der Waals surface area contributed by atoms with Crippen molar-refractivity contribution < 1.29 is 4.74 Å². The molecule has 3 rings (SSSR count). The van der Waals surface area contributed by atoms with Gasteiger partial charge in [-0.25, -0.2) is 0 Å². The third-order valence-electron chi connectivity index (χ3n) is 3.64. The highest BCUT2D eigenvalue weighted by atomic mass is 16.5. The molecular formula is C16H20N2O. The topological polar surface area (TPSA) is 25.4 Å². The van der Waals surface area contributed by atoms with Gasteiger partial charge < -0.3 is 9.64 Å². The third kappa shape index (κ3) is 2.37. The molecule has 100 valence electrons. The molecule has 0 spiro atoms. The van der Waals surface area contributed by atoms with Crippen LogP contribution in [0.2, 0.25) is 0 Å². The van der Waals surface area contributed by atoms with Crippen LogP contribution in [0.1, 0.15) is 25.5 Å². The molecule has 0 N–H and O–H groups in total. The average Bonchev–Trinajstić information content (AvgIpc) is 2.92. The van der Waals surface area contributed by atoms with Crippen molar-refractivity contribution in [1.29, 1.82) is 0 Å². The second kappa shape index (κ2) is 5.08. The quantitative estimate of drug-likeness (QED) is 0.840. The molecule has 0 unspecified atom stereocenters. The molecule has 3 heteroatoms. The maximum atomic E-state index is 5.62. The lowest BCUT2D eigenvalue weighted by atomic mass is 10.1. The average molecular weight is 256 g/mol. The summed E-state index contributed by atoms with van der Waals surface area (Å²) in [6.45, 7) is 7.08. The number of hydrogen-bond donors (Lipinski definition) is 0. The lowest BCUT2D eigenvalue weighted by Crippen LogP contribution is -2.18. The number of anilines is 1. The molecule has 1 fully saturated rings. The Kier molecular flexibility index (Phi) is 3.28. The number of rotatable bonds is 3. The number of benzene rings is 1. The number of aryl methyl sites for hydroxylation is 1. The molecule has 0 amide bonds. The van der Waals surface area contributed by atoms with E-state index < -0.39 is 0 Å².